The van der Waals surface area contributed by atoms with Crippen molar-refractivity contribution in [1.82, 2.24) is 14.3 Å². The fourth-order valence-electron chi connectivity index (χ4n) is 3.17. The number of rotatable bonds is 1. The van der Waals surface area contributed by atoms with Crippen LogP contribution in [0.1, 0.15) is 27.4 Å². The normalized spacial score (nSPS) is 14.1. The molecule has 110 valence electrons. The van der Waals surface area contributed by atoms with Gasteiger partial charge in [-0.2, -0.15) is 0 Å². The molecule has 0 radical (unpaired) electrons. The molecule has 0 fully saturated rings. The van der Waals surface area contributed by atoms with Crippen molar-refractivity contribution in [2.75, 3.05) is 6.54 Å². The molecule has 0 spiro atoms. The number of aromatic nitrogens is 2. The molecule has 1 aliphatic rings. The molecule has 0 aliphatic carbocycles. The van der Waals surface area contributed by atoms with Gasteiger partial charge in [-0.05, 0) is 36.6 Å². The van der Waals surface area contributed by atoms with Gasteiger partial charge in [-0.15, -0.1) is 0 Å². The van der Waals surface area contributed by atoms with Crippen molar-refractivity contribution in [2.45, 2.75) is 19.9 Å². The van der Waals surface area contributed by atoms with Crippen molar-refractivity contribution in [1.29, 1.82) is 0 Å². The second-order valence-corrected chi connectivity index (χ2v) is 5.71. The first-order valence-corrected chi connectivity index (χ1v) is 7.54. The minimum absolute atomic E-state index is 0.0197. The van der Waals surface area contributed by atoms with E-state index in [4.69, 9.17) is 0 Å². The maximum Gasteiger partial charge on any atom is 0.275 e. The van der Waals surface area contributed by atoms with Crippen molar-refractivity contribution < 1.29 is 4.79 Å². The van der Waals surface area contributed by atoms with Gasteiger partial charge in [0.25, 0.3) is 5.91 Å². The van der Waals surface area contributed by atoms with Crippen LogP contribution < -0.4 is 0 Å². The molecule has 22 heavy (non-hydrogen) atoms. The Hall–Kier alpha value is -2.62. The summed E-state index contributed by atoms with van der Waals surface area (Å²) in [4.78, 5) is 19.3. The highest BCUT2D eigenvalue weighted by Crippen LogP contribution is 2.22. The number of imidazole rings is 1. The minimum atomic E-state index is 0.0197. The van der Waals surface area contributed by atoms with Gasteiger partial charge >= 0.3 is 0 Å². The van der Waals surface area contributed by atoms with Crippen LogP contribution in [0.3, 0.4) is 0 Å². The Morgan fingerprint density at radius 1 is 1.09 bits per heavy atom. The molecule has 0 saturated heterocycles. The van der Waals surface area contributed by atoms with Gasteiger partial charge in [-0.3, -0.25) is 4.79 Å². The van der Waals surface area contributed by atoms with Gasteiger partial charge in [0.15, 0.2) is 5.69 Å². The van der Waals surface area contributed by atoms with E-state index in [2.05, 4.69) is 23.2 Å². The van der Waals surface area contributed by atoms with E-state index in [1.807, 2.05) is 46.7 Å². The molecule has 3 heterocycles. The minimum Gasteiger partial charge on any atom is -0.333 e. The van der Waals surface area contributed by atoms with E-state index in [-0.39, 0.29) is 5.91 Å². The number of fused-ring (bicyclic) bond motifs is 2. The van der Waals surface area contributed by atoms with Crippen LogP contribution in [-0.4, -0.2) is 26.7 Å². The van der Waals surface area contributed by atoms with Crippen molar-refractivity contribution >= 4 is 11.4 Å². The van der Waals surface area contributed by atoms with Gasteiger partial charge in [0, 0.05) is 19.3 Å². The fraction of sp³-hybridized carbons (Fsp3) is 0.222. The molecule has 4 rings (SSSR count). The molecule has 4 nitrogen and oxygen atoms in total. The van der Waals surface area contributed by atoms with Gasteiger partial charge in [0.05, 0.1) is 5.52 Å². The molecule has 0 saturated carbocycles. The lowest BCUT2D eigenvalue weighted by Gasteiger charge is -2.28. The standard InChI is InChI=1S/C18H17N3O/c1-13-19-17(16-8-4-5-10-21(13)16)18(22)20-11-9-14-6-2-3-7-15(14)12-20/h2-8,10H,9,11-12H2,1H3. The van der Waals surface area contributed by atoms with Crippen LogP contribution in [-0.2, 0) is 13.0 Å². The first-order chi connectivity index (χ1) is 10.7. The fourth-order valence-corrected chi connectivity index (χ4v) is 3.17. The Balaban J connectivity index is 1.70. The lowest BCUT2D eigenvalue weighted by atomic mass is 10.00. The summed E-state index contributed by atoms with van der Waals surface area (Å²) in [5.41, 5.74) is 4.01. The zero-order valence-electron chi connectivity index (χ0n) is 12.5. The summed E-state index contributed by atoms with van der Waals surface area (Å²) in [5.74, 6) is 0.864. The Kier molecular flexibility index (Phi) is 2.96. The first kappa shape index (κ1) is 13.1. The Bertz CT molecular complexity index is 866. The second-order valence-electron chi connectivity index (χ2n) is 5.71. The van der Waals surface area contributed by atoms with Gasteiger partial charge in [0.2, 0.25) is 0 Å². The third-order valence-corrected chi connectivity index (χ3v) is 4.35. The number of amides is 1. The van der Waals surface area contributed by atoms with Gasteiger partial charge < -0.3 is 9.30 Å². The number of pyridine rings is 1. The largest absolute Gasteiger partial charge is 0.333 e. The summed E-state index contributed by atoms with van der Waals surface area (Å²) in [5, 5.41) is 0. The second kappa shape index (κ2) is 4.98. The molecular weight excluding hydrogens is 274 g/mol. The highest BCUT2D eigenvalue weighted by atomic mass is 16.2. The molecule has 0 bridgehead atoms. The molecule has 2 aromatic heterocycles. The summed E-state index contributed by atoms with van der Waals surface area (Å²) in [6.45, 7) is 3.34. The molecular formula is C18H17N3O. The average Bonchev–Trinajstić information content (AvgIpc) is 2.91. The van der Waals surface area contributed by atoms with Crippen LogP contribution in [0, 0.1) is 6.92 Å². The van der Waals surface area contributed by atoms with E-state index in [0.717, 1.165) is 24.3 Å². The maximum absolute atomic E-state index is 12.9. The zero-order valence-corrected chi connectivity index (χ0v) is 12.5. The molecule has 0 N–H and O–H groups in total. The van der Waals surface area contributed by atoms with E-state index >= 15 is 0 Å². The van der Waals surface area contributed by atoms with Crippen LogP contribution in [0.5, 0.6) is 0 Å². The van der Waals surface area contributed by atoms with Crippen LogP contribution in [0.25, 0.3) is 5.52 Å². The molecule has 0 unspecified atom stereocenters. The summed E-state index contributed by atoms with van der Waals surface area (Å²) in [6.07, 6.45) is 2.85. The highest BCUT2D eigenvalue weighted by Gasteiger charge is 2.25. The number of hydrogen-bond acceptors (Lipinski definition) is 2. The number of carbonyl (C=O) groups excluding carboxylic acids is 1. The molecule has 1 amide bonds. The molecule has 4 heteroatoms. The third-order valence-electron chi connectivity index (χ3n) is 4.35. The van der Waals surface area contributed by atoms with E-state index in [9.17, 15) is 4.79 Å². The van der Waals surface area contributed by atoms with Crippen LogP contribution in [0.2, 0.25) is 0 Å². The smallest absolute Gasteiger partial charge is 0.275 e. The number of nitrogens with zero attached hydrogens (tertiary/aromatic N) is 3. The van der Waals surface area contributed by atoms with Gasteiger partial charge in [0.1, 0.15) is 5.82 Å². The number of carbonyl (C=O) groups is 1. The Morgan fingerprint density at radius 3 is 2.73 bits per heavy atom. The predicted molar refractivity (Wildman–Crippen MR) is 84.8 cm³/mol. The molecule has 1 aromatic carbocycles. The van der Waals surface area contributed by atoms with Gasteiger partial charge in [-0.1, -0.05) is 30.3 Å². The van der Waals surface area contributed by atoms with Gasteiger partial charge in [-0.25, -0.2) is 4.98 Å². The maximum atomic E-state index is 12.9. The summed E-state index contributed by atoms with van der Waals surface area (Å²) in [6, 6.07) is 14.2. The highest BCUT2D eigenvalue weighted by molar-refractivity contribution is 5.99. The predicted octanol–water partition coefficient (Wildman–Crippen LogP) is 2.84. The average molecular weight is 291 g/mol. The quantitative estimate of drug-likeness (QED) is 0.691. The summed E-state index contributed by atoms with van der Waals surface area (Å²) < 4.78 is 1.96. The van der Waals surface area contributed by atoms with E-state index in [1.54, 1.807) is 0 Å². The number of benzene rings is 1. The van der Waals surface area contributed by atoms with E-state index in [0.29, 0.717) is 12.2 Å². The topological polar surface area (TPSA) is 37.6 Å². The lowest BCUT2D eigenvalue weighted by molar-refractivity contribution is 0.0731. The monoisotopic (exact) mass is 291 g/mol. The van der Waals surface area contributed by atoms with Crippen molar-refractivity contribution in [3.05, 3.63) is 71.3 Å². The Labute approximate surface area is 129 Å². The number of aryl methyl sites for hydroxylation is 1. The van der Waals surface area contributed by atoms with Crippen LogP contribution in [0.15, 0.2) is 48.7 Å². The summed E-state index contributed by atoms with van der Waals surface area (Å²) >= 11 is 0. The molecule has 0 atom stereocenters. The van der Waals surface area contributed by atoms with E-state index < -0.39 is 0 Å². The Morgan fingerprint density at radius 2 is 1.86 bits per heavy atom. The first-order valence-electron chi connectivity index (χ1n) is 7.54. The van der Waals surface area contributed by atoms with Crippen LogP contribution in [0.4, 0.5) is 0 Å². The van der Waals surface area contributed by atoms with Crippen molar-refractivity contribution in [2.24, 2.45) is 0 Å². The molecule has 3 aromatic rings. The zero-order chi connectivity index (χ0) is 15.1. The van der Waals surface area contributed by atoms with Crippen molar-refractivity contribution in [3.8, 4) is 0 Å². The van der Waals surface area contributed by atoms with E-state index in [1.165, 1.54) is 11.1 Å². The number of hydrogen-bond donors (Lipinski definition) is 0. The molecule has 1 aliphatic heterocycles. The summed E-state index contributed by atoms with van der Waals surface area (Å²) in [7, 11) is 0. The van der Waals surface area contributed by atoms with Crippen molar-refractivity contribution in [3.63, 3.8) is 0 Å². The lowest BCUT2D eigenvalue weighted by Crippen LogP contribution is -2.36. The third kappa shape index (κ3) is 1.99. The van der Waals surface area contributed by atoms with Crippen LogP contribution >= 0.6 is 0 Å². The SMILES string of the molecule is Cc1nc(C(=O)N2CCc3ccccc3C2)c2ccccn12.